The highest BCUT2D eigenvalue weighted by Gasteiger charge is 2.23. The van der Waals surface area contributed by atoms with Gasteiger partial charge in [0.2, 0.25) is 5.95 Å². The van der Waals surface area contributed by atoms with Gasteiger partial charge in [-0.05, 0) is 45.8 Å². The maximum absolute atomic E-state index is 6.23. The van der Waals surface area contributed by atoms with E-state index in [9.17, 15) is 0 Å². The third-order valence-corrected chi connectivity index (χ3v) is 8.82. The molecule has 0 spiro atoms. The number of para-hydroxylation sites is 1. The Kier molecular flexibility index (Phi) is 4.66. The fraction of sp³-hybridized carbons (Fsp3) is 0. The topological polar surface area (TPSA) is 56.7 Å². The molecule has 0 aliphatic rings. The van der Waals surface area contributed by atoms with Crippen LogP contribution in [0.5, 0.6) is 0 Å². The third kappa shape index (κ3) is 3.15. The largest absolute Gasteiger partial charge is 0.456 e. The summed E-state index contributed by atoms with van der Waals surface area (Å²) in [5.74, 6) is 1.81. The molecule has 0 atom stereocenters. The summed E-state index contributed by atoms with van der Waals surface area (Å²) in [5, 5.41) is 9.44. The monoisotopic (exact) mass is 562 g/mol. The van der Waals surface area contributed by atoms with E-state index in [-0.39, 0.29) is 0 Å². The van der Waals surface area contributed by atoms with Crippen LogP contribution in [-0.4, -0.2) is 19.5 Å². The number of nitrogens with zero attached hydrogens (tertiary/aromatic N) is 4. The Balaban J connectivity index is 1.35. The molecule has 3 heterocycles. The minimum Gasteiger partial charge on any atom is -0.456 e. The van der Waals surface area contributed by atoms with Crippen LogP contribution in [0, 0.1) is 0 Å². The molecular weight excluding hydrogens is 540 g/mol. The van der Waals surface area contributed by atoms with Gasteiger partial charge in [-0.3, -0.25) is 4.57 Å². The Labute approximate surface area is 251 Å². The average Bonchev–Trinajstić information content (AvgIpc) is 3.65. The van der Waals surface area contributed by atoms with Gasteiger partial charge in [-0.25, -0.2) is 4.98 Å². The van der Waals surface area contributed by atoms with Gasteiger partial charge in [-0.2, -0.15) is 9.97 Å². The van der Waals surface area contributed by atoms with E-state index < -0.39 is 0 Å². The molecule has 0 radical (unpaired) electrons. The zero-order valence-corrected chi connectivity index (χ0v) is 23.4. The Morgan fingerprint density at radius 3 is 1.70 bits per heavy atom. The predicted octanol–water partition coefficient (Wildman–Crippen LogP) is 9.95. The normalized spacial score (nSPS) is 12.1. The van der Waals surface area contributed by atoms with Crippen LogP contribution in [-0.2, 0) is 0 Å². The van der Waals surface area contributed by atoms with Crippen LogP contribution < -0.4 is 0 Å². The number of benzene rings is 7. The first-order chi connectivity index (χ1) is 21.8. The summed E-state index contributed by atoms with van der Waals surface area (Å²) in [6, 6.07) is 46.1. The zero-order valence-electron chi connectivity index (χ0n) is 23.4. The van der Waals surface area contributed by atoms with Gasteiger partial charge in [-0.1, -0.05) is 109 Å². The summed E-state index contributed by atoms with van der Waals surface area (Å²) >= 11 is 0. The summed E-state index contributed by atoms with van der Waals surface area (Å²) in [5.41, 5.74) is 5.63. The van der Waals surface area contributed by atoms with Crippen molar-refractivity contribution in [3.05, 3.63) is 133 Å². The molecule has 10 rings (SSSR count). The Bertz CT molecular complexity index is 2630. The maximum atomic E-state index is 6.23. The summed E-state index contributed by atoms with van der Waals surface area (Å²) in [7, 11) is 0. The second-order valence-corrected chi connectivity index (χ2v) is 11.2. The molecule has 0 aliphatic heterocycles. The van der Waals surface area contributed by atoms with Crippen molar-refractivity contribution in [1.82, 2.24) is 19.5 Å². The molecule has 0 unspecified atom stereocenters. The molecule has 0 N–H and O–H groups in total. The minimum absolute atomic E-state index is 0.582. The first-order valence-corrected chi connectivity index (χ1v) is 14.7. The van der Waals surface area contributed by atoms with Crippen LogP contribution >= 0.6 is 0 Å². The fourth-order valence-corrected chi connectivity index (χ4v) is 6.99. The lowest BCUT2D eigenvalue weighted by molar-refractivity contribution is 0.669. The first kappa shape index (κ1) is 23.5. The van der Waals surface area contributed by atoms with E-state index in [4.69, 9.17) is 19.4 Å². The number of hydrogen-bond donors (Lipinski definition) is 0. The van der Waals surface area contributed by atoms with Crippen LogP contribution in [0.25, 0.3) is 94.0 Å². The van der Waals surface area contributed by atoms with Crippen molar-refractivity contribution < 1.29 is 4.42 Å². The molecule has 0 bridgehead atoms. The maximum Gasteiger partial charge on any atom is 0.238 e. The lowest BCUT2D eigenvalue weighted by atomic mass is 9.95. The molecule has 0 saturated carbocycles. The second-order valence-electron chi connectivity index (χ2n) is 11.2. The summed E-state index contributed by atoms with van der Waals surface area (Å²) in [6.45, 7) is 0. The predicted molar refractivity (Wildman–Crippen MR) is 179 cm³/mol. The number of furan rings is 1. The highest BCUT2D eigenvalue weighted by Crippen LogP contribution is 2.43. The lowest BCUT2D eigenvalue weighted by Gasteiger charge is -2.11. The van der Waals surface area contributed by atoms with Crippen LogP contribution in [0.1, 0.15) is 0 Å². The average molecular weight is 563 g/mol. The number of aromatic nitrogens is 4. The minimum atomic E-state index is 0.582. The quantitative estimate of drug-likeness (QED) is 0.201. The van der Waals surface area contributed by atoms with Crippen molar-refractivity contribution in [2.75, 3.05) is 0 Å². The molecule has 5 heteroatoms. The van der Waals surface area contributed by atoms with E-state index in [1.54, 1.807) is 0 Å². The molecule has 0 saturated heterocycles. The molecule has 44 heavy (non-hydrogen) atoms. The van der Waals surface area contributed by atoms with Crippen molar-refractivity contribution in [2.24, 2.45) is 0 Å². The van der Waals surface area contributed by atoms with Crippen molar-refractivity contribution in [1.29, 1.82) is 0 Å². The van der Waals surface area contributed by atoms with Gasteiger partial charge in [0, 0.05) is 32.7 Å². The molecule has 0 aliphatic carbocycles. The molecule has 0 amide bonds. The third-order valence-electron chi connectivity index (χ3n) is 8.82. The number of fused-ring (bicyclic) bond motifs is 6. The van der Waals surface area contributed by atoms with Crippen molar-refractivity contribution in [3.8, 4) is 28.7 Å². The van der Waals surface area contributed by atoms with Gasteiger partial charge in [0.25, 0.3) is 0 Å². The van der Waals surface area contributed by atoms with Gasteiger partial charge in [0.15, 0.2) is 11.6 Å². The van der Waals surface area contributed by atoms with Gasteiger partial charge >= 0.3 is 0 Å². The zero-order chi connectivity index (χ0) is 28.8. The highest BCUT2D eigenvalue weighted by molar-refractivity contribution is 6.34. The molecule has 10 aromatic rings. The van der Waals surface area contributed by atoms with Crippen molar-refractivity contribution >= 4 is 65.3 Å². The summed E-state index contributed by atoms with van der Waals surface area (Å²) in [6.07, 6.45) is 0. The van der Waals surface area contributed by atoms with E-state index in [0.717, 1.165) is 44.1 Å². The Hall–Kier alpha value is -6.07. The molecule has 3 aromatic heterocycles. The molecular formula is C39H22N4O. The summed E-state index contributed by atoms with van der Waals surface area (Å²) < 4.78 is 8.44. The molecule has 204 valence electrons. The van der Waals surface area contributed by atoms with E-state index in [2.05, 4.69) is 77.4 Å². The fourth-order valence-electron chi connectivity index (χ4n) is 6.99. The van der Waals surface area contributed by atoms with E-state index in [0.29, 0.717) is 17.6 Å². The van der Waals surface area contributed by atoms with Crippen LogP contribution in [0.3, 0.4) is 0 Å². The van der Waals surface area contributed by atoms with E-state index >= 15 is 0 Å². The van der Waals surface area contributed by atoms with Gasteiger partial charge in [-0.15, -0.1) is 0 Å². The highest BCUT2D eigenvalue weighted by atomic mass is 16.3. The lowest BCUT2D eigenvalue weighted by Crippen LogP contribution is -2.06. The Morgan fingerprint density at radius 1 is 0.409 bits per heavy atom. The van der Waals surface area contributed by atoms with E-state index in [1.807, 2.05) is 60.7 Å². The van der Waals surface area contributed by atoms with Crippen LogP contribution in [0.15, 0.2) is 138 Å². The smallest absolute Gasteiger partial charge is 0.238 e. The standard InChI is InChI=1S/C39H22N4O/c1-2-11-23(12-3-1)37-40-38(29-18-10-22-33-34(29)28-15-6-7-21-32(28)44-33)42-39(41-37)43-30-19-8-16-26-24-13-4-5-14-25(24)27-17-9-20-31(43)36(27)35(26)30/h1-22H. The van der Waals surface area contributed by atoms with Gasteiger partial charge in [0.1, 0.15) is 11.2 Å². The molecule has 5 nitrogen and oxygen atoms in total. The summed E-state index contributed by atoms with van der Waals surface area (Å²) in [4.78, 5) is 15.5. The van der Waals surface area contributed by atoms with Crippen molar-refractivity contribution in [3.63, 3.8) is 0 Å². The van der Waals surface area contributed by atoms with Crippen molar-refractivity contribution in [2.45, 2.75) is 0 Å². The van der Waals surface area contributed by atoms with Gasteiger partial charge < -0.3 is 4.42 Å². The van der Waals surface area contributed by atoms with Gasteiger partial charge in [0.05, 0.1) is 11.0 Å². The van der Waals surface area contributed by atoms with E-state index in [1.165, 1.54) is 32.3 Å². The number of hydrogen-bond acceptors (Lipinski definition) is 4. The number of rotatable bonds is 3. The van der Waals surface area contributed by atoms with Crippen LogP contribution in [0.2, 0.25) is 0 Å². The SMILES string of the molecule is c1ccc(-c2nc(-c3cccc4oc5ccccc5c34)nc(-n3c4cccc5c6ccccc6c6cccc3c6c54)n2)cc1. The van der Waals surface area contributed by atoms with Crippen LogP contribution in [0.4, 0.5) is 0 Å². The second kappa shape index (κ2) is 8.72. The first-order valence-electron chi connectivity index (χ1n) is 14.7. The molecule has 7 aromatic carbocycles. The molecule has 0 fully saturated rings. The Morgan fingerprint density at radius 2 is 0.977 bits per heavy atom.